The first-order valence-corrected chi connectivity index (χ1v) is 25.8. The number of rotatable bonds is 21. The zero-order valence-corrected chi connectivity index (χ0v) is 41.0. The van der Waals surface area contributed by atoms with Crippen molar-refractivity contribution in [1.29, 1.82) is 0 Å². The summed E-state index contributed by atoms with van der Waals surface area (Å²) >= 11 is 0. The maximum absolute atomic E-state index is 13.0. The molecule has 0 aliphatic carbocycles. The number of aromatic nitrogens is 3. The topological polar surface area (TPSA) is 380 Å². The number of benzene rings is 3. The van der Waals surface area contributed by atoms with Gasteiger partial charge in [0.15, 0.2) is 11.3 Å². The number of nitrogens with zero attached hydrogens (tertiary/aromatic N) is 8. The van der Waals surface area contributed by atoms with Crippen molar-refractivity contribution in [2.45, 2.75) is 58.8 Å². The largest absolute Gasteiger partial charge is 0.494 e. The quantitative estimate of drug-likeness (QED) is 0.0123. The van der Waals surface area contributed by atoms with E-state index < -0.39 is 52.9 Å². The van der Waals surface area contributed by atoms with Crippen LogP contribution in [0, 0.1) is 35.8 Å². The number of amides is 1. The molecule has 1 amide bonds. The molecule has 378 valence electrons. The summed E-state index contributed by atoms with van der Waals surface area (Å²) in [5.74, 6) is 5.63. The molecule has 5 aromatic rings. The molecule has 1 aliphatic heterocycles. The summed E-state index contributed by atoms with van der Waals surface area (Å²) in [5, 5.41) is 31.4. The Morgan fingerprint density at radius 3 is 2.42 bits per heavy atom. The number of nitro groups is 1. The number of methoxy groups -OCH3 is 1. The summed E-state index contributed by atoms with van der Waals surface area (Å²) in [7, 11) is -15.2. The maximum atomic E-state index is 13.0. The number of carbonyl (C=O) groups is 1. The number of aromatic amines is 1. The molecule has 2 aromatic heterocycles. The number of hydrogen-bond donors (Lipinski definition) is 7. The molecule has 4 atom stereocenters. The predicted molar refractivity (Wildman–Crippen MR) is 255 cm³/mol. The molecule has 8 N–H and O–H groups in total. The van der Waals surface area contributed by atoms with Crippen LogP contribution < -0.4 is 26.2 Å². The third kappa shape index (κ3) is 15.0. The van der Waals surface area contributed by atoms with Gasteiger partial charge in [-0.15, -0.1) is 15.3 Å². The van der Waals surface area contributed by atoms with E-state index in [4.69, 9.17) is 29.5 Å². The van der Waals surface area contributed by atoms with E-state index in [0.29, 0.717) is 47.9 Å². The minimum atomic E-state index is -5.71. The molecule has 1 aliphatic rings. The molecular formula is C41H48N11O16P3. The summed E-state index contributed by atoms with van der Waals surface area (Å²) in [6.45, 7) is 6.05. The van der Waals surface area contributed by atoms with E-state index in [9.17, 15) is 43.2 Å². The van der Waals surface area contributed by atoms with Crippen molar-refractivity contribution in [1.82, 2.24) is 19.9 Å². The normalized spacial score (nSPS) is 16.7. The Morgan fingerprint density at radius 1 is 1.01 bits per heavy atom. The van der Waals surface area contributed by atoms with Crippen molar-refractivity contribution in [2.75, 3.05) is 44.0 Å². The fourth-order valence-corrected chi connectivity index (χ4v) is 10.1. The number of fused-ring (bicyclic) bond motifs is 1. The molecule has 2 unspecified atom stereocenters. The highest BCUT2D eigenvalue weighted by Gasteiger charge is 2.41. The van der Waals surface area contributed by atoms with Crippen LogP contribution in [0.1, 0.15) is 55.5 Å². The van der Waals surface area contributed by atoms with E-state index in [0.717, 1.165) is 11.3 Å². The lowest BCUT2D eigenvalue weighted by Crippen LogP contribution is -2.27. The number of nitrogens with two attached hydrogens (primary N) is 1. The predicted octanol–water partition coefficient (Wildman–Crippen LogP) is 7.47. The summed E-state index contributed by atoms with van der Waals surface area (Å²) in [5.41, 5.74) is 9.30. The zero-order chi connectivity index (χ0) is 51.7. The van der Waals surface area contributed by atoms with Crippen LogP contribution in [0.25, 0.3) is 11.0 Å². The Bertz CT molecular complexity index is 3130. The number of phosphoric ester groups is 1. The van der Waals surface area contributed by atoms with Gasteiger partial charge in [-0.1, -0.05) is 17.9 Å². The maximum Gasteiger partial charge on any atom is 0.490 e. The number of aryl methyl sites for hydroxylation is 2. The third-order valence-corrected chi connectivity index (χ3v) is 14.1. The Hall–Kier alpha value is -6.52. The minimum Gasteiger partial charge on any atom is -0.494 e. The Kier molecular flexibility index (Phi) is 17.5. The fraction of sp³-hybridized carbons (Fsp3) is 0.341. The van der Waals surface area contributed by atoms with Gasteiger partial charge in [-0.05, 0) is 87.6 Å². The first kappa shape index (κ1) is 53.8. The number of nitro benzene ring substituents is 1. The van der Waals surface area contributed by atoms with E-state index in [1.165, 1.54) is 30.0 Å². The number of phosphoric acid groups is 3. The van der Waals surface area contributed by atoms with Crippen molar-refractivity contribution in [3.8, 4) is 17.6 Å². The molecule has 0 bridgehead atoms. The first-order valence-electron chi connectivity index (χ1n) is 21.3. The number of anilines is 2. The van der Waals surface area contributed by atoms with Crippen LogP contribution >= 0.6 is 23.5 Å². The second-order valence-corrected chi connectivity index (χ2v) is 19.9. The van der Waals surface area contributed by atoms with Crippen LogP contribution in [0.15, 0.2) is 86.0 Å². The Labute approximate surface area is 403 Å². The van der Waals surface area contributed by atoms with Crippen molar-refractivity contribution in [3.05, 3.63) is 98.0 Å². The highest BCUT2D eigenvalue weighted by atomic mass is 31.3. The van der Waals surface area contributed by atoms with Crippen LogP contribution in [0.2, 0.25) is 0 Å². The van der Waals surface area contributed by atoms with E-state index >= 15 is 0 Å². The van der Waals surface area contributed by atoms with Gasteiger partial charge in [0, 0.05) is 43.5 Å². The molecule has 30 heteroatoms. The SMILES string of the molecule is CCN(CCCC(=O)NCC#Cc1cn([C@H]2CC[C@@H](COP(=O)(O)OP(=O)(O)OP(=O)(O)O)O2)c2nc(N)[nH]c(=O)c12)c1ccc(N=Nc2cc(C)c(N=Nc3ccc(C)cc3[N+](=O)[O-])cc2OC)cc1. The van der Waals surface area contributed by atoms with Gasteiger partial charge in [0.05, 0.1) is 53.6 Å². The van der Waals surface area contributed by atoms with Crippen LogP contribution in [0.4, 0.5) is 40.1 Å². The van der Waals surface area contributed by atoms with Crippen molar-refractivity contribution >= 4 is 80.5 Å². The zero-order valence-electron chi connectivity index (χ0n) is 38.3. The van der Waals surface area contributed by atoms with Gasteiger partial charge >= 0.3 is 23.5 Å². The molecule has 3 aromatic carbocycles. The van der Waals surface area contributed by atoms with Gasteiger partial charge in [-0.3, -0.25) is 29.2 Å². The average molecular weight is 1040 g/mol. The molecule has 6 rings (SSSR count). The number of hydrogen-bond acceptors (Lipinski definition) is 19. The summed E-state index contributed by atoms with van der Waals surface area (Å²) in [6, 6.07) is 15.4. The van der Waals surface area contributed by atoms with Crippen LogP contribution in [-0.4, -0.2) is 84.4 Å². The Balaban J connectivity index is 0.997. The lowest BCUT2D eigenvalue weighted by Gasteiger charge is -2.23. The summed E-state index contributed by atoms with van der Waals surface area (Å²) in [4.78, 5) is 82.2. The number of nitrogen functional groups attached to an aromatic ring is 1. The van der Waals surface area contributed by atoms with Crippen molar-refractivity contribution in [3.63, 3.8) is 0 Å². The van der Waals surface area contributed by atoms with E-state index in [2.05, 4.69) is 61.1 Å². The number of ether oxygens (including phenoxy) is 2. The highest BCUT2D eigenvalue weighted by molar-refractivity contribution is 7.66. The second-order valence-electron chi connectivity index (χ2n) is 15.5. The lowest BCUT2D eigenvalue weighted by atomic mass is 10.1. The number of nitrogens with one attached hydrogen (secondary N) is 2. The molecule has 27 nitrogen and oxygen atoms in total. The smallest absolute Gasteiger partial charge is 0.490 e. The minimum absolute atomic E-state index is 0.0522. The van der Waals surface area contributed by atoms with Crippen molar-refractivity contribution in [2.24, 2.45) is 20.5 Å². The van der Waals surface area contributed by atoms with Crippen molar-refractivity contribution < 1.29 is 65.6 Å². The first-order chi connectivity index (χ1) is 33.5. The number of H-pyrrole nitrogens is 1. The van der Waals surface area contributed by atoms with E-state index in [1.54, 1.807) is 32.0 Å². The van der Waals surface area contributed by atoms with Gasteiger partial charge in [0.25, 0.3) is 11.2 Å². The monoisotopic (exact) mass is 1040 g/mol. The molecule has 0 spiro atoms. The molecule has 3 heterocycles. The molecular weight excluding hydrogens is 995 g/mol. The molecule has 1 fully saturated rings. The second kappa shape index (κ2) is 23.1. The highest BCUT2D eigenvalue weighted by Crippen LogP contribution is 2.66. The third-order valence-electron chi connectivity index (χ3n) is 10.3. The van der Waals surface area contributed by atoms with Gasteiger partial charge in [-0.25, -0.2) is 13.7 Å². The number of azo groups is 2. The van der Waals surface area contributed by atoms with Crippen LogP contribution in [-0.2, 0) is 36.4 Å². The van der Waals surface area contributed by atoms with E-state index in [-0.39, 0.29) is 65.6 Å². The molecule has 0 radical (unpaired) electrons. The molecule has 1 saturated heterocycles. The number of carbonyl (C=O) groups excluding carboxylic acids is 1. The molecule has 0 saturated carbocycles. The van der Waals surface area contributed by atoms with Gasteiger partial charge in [0.1, 0.15) is 17.7 Å². The molecule has 71 heavy (non-hydrogen) atoms. The summed E-state index contributed by atoms with van der Waals surface area (Å²) in [6.07, 6.45) is 0.956. The average Bonchev–Trinajstić information content (AvgIpc) is 3.91. The van der Waals surface area contributed by atoms with Crippen LogP contribution in [0.5, 0.6) is 5.75 Å². The fourth-order valence-electron chi connectivity index (χ4n) is 7.08. The van der Waals surface area contributed by atoms with Gasteiger partial charge in [-0.2, -0.15) is 18.7 Å². The summed E-state index contributed by atoms with van der Waals surface area (Å²) < 4.78 is 59.8. The van der Waals surface area contributed by atoms with Gasteiger partial charge in [0.2, 0.25) is 11.9 Å². The standard InChI is InChI=1S/C41H48N11O16P3/c1-5-50(29-13-11-28(12-14-29)46-49-33-21-26(3)32(22-35(33)64-4)48-47-31-16-10-25(2)20-34(31)52(55)56)19-7-9-36(53)43-18-6-8-27-23-51(39-38(27)40(54)45-41(42)44-39)37-17-15-30(66-37)24-65-70(60,61)68-71(62,63)67-69(57,58)59/h10-14,16,20-23,30,37H,5,7,9,15,17-19,24H2,1-4H3,(H,43,53)(H,60,61)(H,62,63)(H2,57,58,59)(H3,42,44,45,54)/t30-,37+/m0/s1. The van der Waals surface area contributed by atoms with Gasteiger partial charge < -0.3 is 49.6 Å². The van der Waals surface area contributed by atoms with E-state index in [1.807, 2.05) is 31.2 Å². The van der Waals surface area contributed by atoms with Crippen LogP contribution in [0.3, 0.4) is 0 Å². The lowest BCUT2D eigenvalue weighted by molar-refractivity contribution is -0.384. The Morgan fingerprint density at radius 2 is 1.73 bits per heavy atom.